The third-order valence-electron chi connectivity index (χ3n) is 15.8. The third-order valence-corrected chi connectivity index (χ3v) is 15.8. The minimum absolute atomic E-state index is 0.256. The number of unbranched alkanes of at least 4 members (excludes halogenated alkanes) is 30. The summed E-state index contributed by atoms with van der Waals surface area (Å²) in [5.41, 5.74) is 0. The number of hydrogen-bond donors (Lipinski definition) is 9. The summed E-state index contributed by atoms with van der Waals surface area (Å²) in [6, 6.07) is -0.943. The molecule has 2 heterocycles. The van der Waals surface area contributed by atoms with Crippen LogP contribution in [-0.2, 0) is 23.7 Å². The lowest BCUT2D eigenvalue weighted by atomic mass is 9.97. The number of hydrogen-bond acceptors (Lipinski definition) is 13. The number of rotatable bonds is 53. The highest BCUT2D eigenvalue weighted by Gasteiger charge is 2.51. The molecule has 476 valence electrons. The molecule has 14 heteroatoms. The first kappa shape index (κ1) is 75.5. The van der Waals surface area contributed by atoms with Gasteiger partial charge in [0.1, 0.15) is 48.8 Å². The zero-order chi connectivity index (χ0) is 59.5. The number of ether oxygens (including phenoxy) is 4. The van der Waals surface area contributed by atoms with E-state index in [1.54, 1.807) is 6.08 Å². The Bertz CT molecular complexity index is 1650. The van der Waals surface area contributed by atoms with Gasteiger partial charge in [0.2, 0.25) is 5.91 Å². The molecule has 0 aliphatic carbocycles. The van der Waals surface area contributed by atoms with Gasteiger partial charge >= 0.3 is 0 Å². The van der Waals surface area contributed by atoms with E-state index in [1.165, 1.54) is 161 Å². The molecule has 0 radical (unpaired) electrons. The second-order valence-electron chi connectivity index (χ2n) is 23.2. The van der Waals surface area contributed by atoms with E-state index in [0.29, 0.717) is 12.8 Å². The van der Waals surface area contributed by atoms with E-state index >= 15 is 0 Å². The van der Waals surface area contributed by atoms with Crippen LogP contribution in [0.25, 0.3) is 0 Å². The molecule has 2 fully saturated rings. The van der Waals surface area contributed by atoms with Gasteiger partial charge in [-0.15, -0.1) is 0 Å². The van der Waals surface area contributed by atoms with E-state index in [2.05, 4.69) is 79.9 Å². The molecule has 2 rings (SSSR count). The zero-order valence-electron chi connectivity index (χ0n) is 51.5. The Morgan fingerprint density at radius 3 is 1.28 bits per heavy atom. The number of allylic oxidation sites excluding steroid dienone is 11. The average molecular weight is 1160 g/mol. The van der Waals surface area contributed by atoms with Crippen LogP contribution < -0.4 is 5.32 Å². The Hall–Kier alpha value is -2.57. The van der Waals surface area contributed by atoms with Crippen molar-refractivity contribution in [3.8, 4) is 0 Å². The predicted molar refractivity (Wildman–Crippen MR) is 332 cm³/mol. The lowest BCUT2D eigenvalue weighted by molar-refractivity contribution is -0.359. The number of carbonyl (C=O) groups excluding carboxylic acids is 1. The molecule has 0 saturated carbocycles. The van der Waals surface area contributed by atoms with Gasteiger partial charge in [0, 0.05) is 6.42 Å². The summed E-state index contributed by atoms with van der Waals surface area (Å²) < 4.78 is 22.8. The van der Waals surface area contributed by atoms with Gasteiger partial charge in [-0.1, -0.05) is 241 Å². The molecule has 0 bridgehead atoms. The Morgan fingerprint density at radius 1 is 0.439 bits per heavy atom. The van der Waals surface area contributed by atoms with Gasteiger partial charge < -0.3 is 65.1 Å². The monoisotopic (exact) mass is 1160 g/mol. The van der Waals surface area contributed by atoms with Crippen LogP contribution in [0.1, 0.15) is 258 Å². The van der Waals surface area contributed by atoms with Gasteiger partial charge in [-0.2, -0.15) is 0 Å². The van der Waals surface area contributed by atoms with Crippen LogP contribution in [0.2, 0.25) is 0 Å². The zero-order valence-corrected chi connectivity index (χ0v) is 51.5. The minimum atomic E-state index is -1.80. The van der Waals surface area contributed by atoms with Crippen molar-refractivity contribution in [2.75, 3.05) is 19.8 Å². The molecule has 14 nitrogen and oxygen atoms in total. The highest BCUT2D eigenvalue weighted by molar-refractivity contribution is 5.76. The van der Waals surface area contributed by atoms with Gasteiger partial charge in [-0.25, -0.2) is 0 Å². The lowest BCUT2D eigenvalue weighted by Gasteiger charge is -2.46. The van der Waals surface area contributed by atoms with Crippen molar-refractivity contribution in [3.63, 3.8) is 0 Å². The number of nitrogens with one attached hydrogen (secondary N) is 1. The van der Waals surface area contributed by atoms with Gasteiger partial charge in [0.05, 0.1) is 32.0 Å². The maximum atomic E-state index is 13.3. The largest absolute Gasteiger partial charge is 0.394 e. The molecule has 1 amide bonds. The lowest BCUT2D eigenvalue weighted by Crippen LogP contribution is -2.65. The molecular formula is C68H121NO13. The molecule has 0 aromatic carbocycles. The average Bonchev–Trinajstić information content (AvgIpc) is 3.67. The molecular weight excluding hydrogens is 1040 g/mol. The van der Waals surface area contributed by atoms with Crippen molar-refractivity contribution < 1.29 is 64.6 Å². The first-order valence-electron chi connectivity index (χ1n) is 33.2. The molecule has 82 heavy (non-hydrogen) atoms. The Morgan fingerprint density at radius 2 is 0.817 bits per heavy atom. The standard InChI is InChI=1S/C68H121NO13/c1-3-5-7-9-11-13-15-17-19-21-23-25-26-27-28-29-30-32-34-36-38-40-42-44-46-48-50-52-60(73)69-56(57(72)51-49-47-45-43-41-39-37-35-33-31-24-22-20-18-16-14-12-10-8-6-4-2)55-79-67-65(78)63(76)66(59(54-71)81-67)82-68-64(77)62(75)61(74)58(53-70)80-68/h15,17,21,23,26-27,33,35,41,43,49,51,56-59,61-68,70-72,74-78H,3-14,16,18-20,22,24-25,28-32,34,36-40,42,44-48,50,52-55H2,1-2H3,(H,69,73)/b17-15-,23-21-,27-26-,35-33+,43-41+,51-49+. The summed E-state index contributed by atoms with van der Waals surface area (Å²) >= 11 is 0. The van der Waals surface area contributed by atoms with E-state index in [-0.39, 0.29) is 18.9 Å². The molecule has 12 atom stereocenters. The van der Waals surface area contributed by atoms with Gasteiger partial charge in [0.15, 0.2) is 12.6 Å². The third kappa shape index (κ3) is 37.1. The summed E-state index contributed by atoms with van der Waals surface area (Å²) in [5.74, 6) is -0.256. The molecule has 2 aliphatic rings. The molecule has 0 spiro atoms. The summed E-state index contributed by atoms with van der Waals surface area (Å²) in [6.45, 7) is 2.78. The van der Waals surface area contributed by atoms with Crippen molar-refractivity contribution >= 4 is 5.91 Å². The van der Waals surface area contributed by atoms with Crippen LogP contribution in [0.15, 0.2) is 72.9 Å². The molecule has 9 N–H and O–H groups in total. The fourth-order valence-electron chi connectivity index (χ4n) is 10.5. The second-order valence-corrected chi connectivity index (χ2v) is 23.2. The first-order valence-corrected chi connectivity index (χ1v) is 33.2. The molecule has 0 aromatic rings. The van der Waals surface area contributed by atoms with Crippen LogP contribution in [0, 0.1) is 0 Å². The Balaban J connectivity index is 1.73. The smallest absolute Gasteiger partial charge is 0.220 e. The number of carbonyl (C=O) groups is 1. The summed E-state index contributed by atoms with van der Waals surface area (Å²) in [5, 5.41) is 87.3. The quantitative estimate of drug-likeness (QED) is 0.0204. The maximum absolute atomic E-state index is 13.3. The maximum Gasteiger partial charge on any atom is 0.220 e. The Kier molecular flexibility index (Phi) is 48.6. The van der Waals surface area contributed by atoms with E-state index in [4.69, 9.17) is 18.9 Å². The van der Waals surface area contributed by atoms with Gasteiger partial charge in [0.25, 0.3) is 0 Å². The second kappa shape index (κ2) is 52.7. The van der Waals surface area contributed by atoms with Crippen molar-refractivity contribution in [2.45, 2.75) is 331 Å². The van der Waals surface area contributed by atoms with Crippen molar-refractivity contribution in [1.29, 1.82) is 0 Å². The molecule has 0 aromatic heterocycles. The van der Waals surface area contributed by atoms with Gasteiger partial charge in [-0.05, 0) is 83.5 Å². The van der Waals surface area contributed by atoms with Crippen molar-refractivity contribution in [3.05, 3.63) is 72.9 Å². The van der Waals surface area contributed by atoms with E-state index in [0.717, 1.165) is 64.2 Å². The molecule has 2 aliphatic heterocycles. The topological polar surface area (TPSA) is 228 Å². The van der Waals surface area contributed by atoms with E-state index in [9.17, 15) is 45.6 Å². The predicted octanol–water partition coefficient (Wildman–Crippen LogP) is 12.7. The minimum Gasteiger partial charge on any atom is -0.394 e. The summed E-state index contributed by atoms with van der Waals surface area (Å²) in [6.07, 6.45) is 53.7. The van der Waals surface area contributed by atoms with Crippen LogP contribution >= 0.6 is 0 Å². The van der Waals surface area contributed by atoms with E-state index < -0.39 is 86.8 Å². The van der Waals surface area contributed by atoms with Crippen LogP contribution in [0.3, 0.4) is 0 Å². The molecule has 12 unspecified atom stereocenters. The fourth-order valence-corrected chi connectivity index (χ4v) is 10.5. The molecule has 2 saturated heterocycles. The summed E-state index contributed by atoms with van der Waals surface area (Å²) in [4.78, 5) is 13.3. The Labute approximate surface area is 498 Å². The first-order chi connectivity index (χ1) is 40.1. The number of aliphatic hydroxyl groups is 8. The van der Waals surface area contributed by atoms with Crippen LogP contribution in [-0.4, -0.2) is 140 Å². The highest BCUT2D eigenvalue weighted by Crippen LogP contribution is 2.30. The summed E-state index contributed by atoms with van der Waals surface area (Å²) in [7, 11) is 0. The fraction of sp³-hybridized carbons (Fsp3) is 0.809. The number of aliphatic hydroxyl groups excluding tert-OH is 8. The van der Waals surface area contributed by atoms with Gasteiger partial charge in [-0.3, -0.25) is 4.79 Å². The van der Waals surface area contributed by atoms with Crippen molar-refractivity contribution in [1.82, 2.24) is 5.32 Å². The van der Waals surface area contributed by atoms with E-state index in [1.807, 2.05) is 6.08 Å². The normalized spacial score (nSPS) is 24.4. The SMILES string of the molecule is CCCCCCC/C=C\C/C=C\C/C=C\CCCCCCCCCCCCCCC(=O)NC(COC1OC(CO)C(OC2OC(CO)C(O)C(O)C2O)C(O)C1O)C(O)/C=C/CC/C=C/CC/C=C/CCCCCCCCCCCCC. The highest BCUT2D eigenvalue weighted by atomic mass is 16.7. The van der Waals surface area contributed by atoms with Crippen LogP contribution in [0.4, 0.5) is 0 Å². The number of amides is 1. The van der Waals surface area contributed by atoms with Crippen molar-refractivity contribution in [2.24, 2.45) is 0 Å². The van der Waals surface area contributed by atoms with Crippen LogP contribution in [0.5, 0.6) is 0 Å².